The summed E-state index contributed by atoms with van der Waals surface area (Å²) in [7, 11) is -3.74. The van der Waals surface area contributed by atoms with Gasteiger partial charge < -0.3 is 5.32 Å². The predicted octanol–water partition coefficient (Wildman–Crippen LogP) is 3.53. The fraction of sp³-hybridized carbons (Fsp3) is 0.250. The molecule has 2 aromatic carbocycles. The van der Waals surface area contributed by atoms with Gasteiger partial charge in [-0.05, 0) is 48.2 Å². The van der Waals surface area contributed by atoms with E-state index in [9.17, 15) is 13.2 Å². The minimum absolute atomic E-state index is 0.116. The average Bonchev–Trinajstić information content (AvgIpc) is 2.66. The number of hydrogen-bond donors (Lipinski definition) is 2. The van der Waals surface area contributed by atoms with Crippen molar-refractivity contribution in [1.82, 2.24) is 5.32 Å². The average molecular weight is 372 g/mol. The normalized spacial score (nSPS) is 11.0. The fourth-order valence-corrected chi connectivity index (χ4v) is 3.76. The molecule has 2 rings (SSSR count). The molecule has 0 saturated heterocycles. The van der Waals surface area contributed by atoms with Gasteiger partial charge in [-0.25, -0.2) is 8.42 Å². The SMILES string of the molecule is C=CCNC(=O)c1ccc(S(=O)(=O)Nc2c(CC)cccc2CC)cc1. The summed E-state index contributed by atoms with van der Waals surface area (Å²) >= 11 is 0. The molecule has 2 N–H and O–H groups in total. The van der Waals surface area contributed by atoms with Crippen molar-refractivity contribution in [2.45, 2.75) is 31.6 Å². The Balaban J connectivity index is 2.29. The zero-order chi connectivity index (χ0) is 19.2. The van der Waals surface area contributed by atoms with Gasteiger partial charge in [0.15, 0.2) is 0 Å². The number of para-hydroxylation sites is 1. The van der Waals surface area contributed by atoms with Gasteiger partial charge in [0, 0.05) is 12.1 Å². The van der Waals surface area contributed by atoms with E-state index >= 15 is 0 Å². The third-order valence-electron chi connectivity index (χ3n) is 4.07. The largest absolute Gasteiger partial charge is 0.349 e. The number of carbonyl (C=O) groups is 1. The standard InChI is InChI=1S/C20H24N2O3S/c1-4-14-21-20(23)17-10-12-18(13-11-17)26(24,25)22-19-15(5-2)8-7-9-16(19)6-3/h4,7-13,22H,1,5-6,14H2,2-3H3,(H,21,23). The second-order valence-electron chi connectivity index (χ2n) is 5.79. The zero-order valence-corrected chi connectivity index (χ0v) is 15.9. The van der Waals surface area contributed by atoms with E-state index in [2.05, 4.69) is 16.6 Å². The van der Waals surface area contributed by atoms with Gasteiger partial charge in [0.05, 0.1) is 10.6 Å². The van der Waals surface area contributed by atoms with Gasteiger partial charge in [0.1, 0.15) is 0 Å². The molecule has 0 aliphatic rings. The van der Waals surface area contributed by atoms with Gasteiger partial charge in [-0.2, -0.15) is 0 Å². The Morgan fingerprint density at radius 2 is 1.62 bits per heavy atom. The van der Waals surface area contributed by atoms with Crippen LogP contribution < -0.4 is 10.0 Å². The Morgan fingerprint density at radius 1 is 1.04 bits per heavy atom. The molecule has 0 aromatic heterocycles. The van der Waals surface area contributed by atoms with Gasteiger partial charge in [0.2, 0.25) is 0 Å². The molecule has 6 heteroatoms. The predicted molar refractivity (Wildman–Crippen MR) is 105 cm³/mol. The third kappa shape index (κ3) is 4.52. The first-order valence-corrected chi connectivity index (χ1v) is 10.0. The van der Waals surface area contributed by atoms with Crippen molar-refractivity contribution in [3.8, 4) is 0 Å². The fourth-order valence-electron chi connectivity index (χ4n) is 2.62. The molecular formula is C20H24N2O3S. The number of aryl methyl sites for hydroxylation is 2. The van der Waals surface area contributed by atoms with Crippen LogP contribution in [0.3, 0.4) is 0 Å². The summed E-state index contributed by atoms with van der Waals surface area (Å²) in [5.41, 5.74) is 2.95. The van der Waals surface area contributed by atoms with Crippen LogP contribution in [0.2, 0.25) is 0 Å². The summed E-state index contributed by atoms with van der Waals surface area (Å²) in [5, 5.41) is 2.65. The van der Waals surface area contributed by atoms with Gasteiger partial charge in [-0.15, -0.1) is 6.58 Å². The molecule has 0 saturated carbocycles. The maximum Gasteiger partial charge on any atom is 0.261 e. The van der Waals surface area contributed by atoms with Gasteiger partial charge in [-0.3, -0.25) is 9.52 Å². The lowest BCUT2D eigenvalue weighted by atomic mass is 10.0. The smallest absolute Gasteiger partial charge is 0.261 e. The molecule has 0 radical (unpaired) electrons. The second-order valence-corrected chi connectivity index (χ2v) is 7.47. The van der Waals surface area contributed by atoms with Crippen molar-refractivity contribution in [3.05, 3.63) is 71.8 Å². The molecule has 5 nitrogen and oxygen atoms in total. The number of nitrogens with one attached hydrogen (secondary N) is 2. The summed E-state index contributed by atoms with van der Waals surface area (Å²) in [5.74, 6) is -0.272. The molecule has 0 aliphatic heterocycles. The van der Waals surface area contributed by atoms with Gasteiger partial charge >= 0.3 is 0 Å². The van der Waals surface area contributed by atoms with Crippen LogP contribution in [-0.2, 0) is 22.9 Å². The Morgan fingerprint density at radius 3 is 2.12 bits per heavy atom. The minimum Gasteiger partial charge on any atom is -0.349 e. The molecule has 138 valence electrons. The monoisotopic (exact) mass is 372 g/mol. The molecule has 0 heterocycles. The van der Waals surface area contributed by atoms with E-state index in [1.807, 2.05) is 32.0 Å². The highest BCUT2D eigenvalue weighted by molar-refractivity contribution is 7.92. The molecule has 0 spiro atoms. The minimum atomic E-state index is -3.74. The summed E-state index contributed by atoms with van der Waals surface area (Å²) < 4.78 is 28.2. The number of amides is 1. The number of sulfonamides is 1. The summed E-state index contributed by atoms with van der Waals surface area (Å²) in [6.07, 6.45) is 3.04. The Hall–Kier alpha value is -2.60. The van der Waals surface area contributed by atoms with Crippen molar-refractivity contribution < 1.29 is 13.2 Å². The van der Waals surface area contributed by atoms with Crippen molar-refractivity contribution in [2.75, 3.05) is 11.3 Å². The van der Waals surface area contributed by atoms with Crippen LogP contribution in [0.25, 0.3) is 0 Å². The summed E-state index contributed by atoms with van der Waals surface area (Å²) in [4.78, 5) is 12.0. The highest BCUT2D eigenvalue weighted by Gasteiger charge is 2.18. The van der Waals surface area contributed by atoms with Gasteiger partial charge in [-0.1, -0.05) is 38.1 Å². The summed E-state index contributed by atoms with van der Waals surface area (Å²) in [6.45, 7) is 7.87. The highest BCUT2D eigenvalue weighted by Crippen LogP contribution is 2.25. The molecule has 2 aromatic rings. The molecule has 0 bridgehead atoms. The zero-order valence-electron chi connectivity index (χ0n) is 15.1. The quantitative estimate of drug-likeness (QED) is 0.696. The van der Waals surface area contributed by atoms with Gasteiger partial charge in [0.25, 0.3) is 15.9 Å². The number of hydrogen-bond acceptors (Lipinski definition) is 3. The van der Waals surface area contributed by atoms with Crippen LogP contribution in [0.4, 0.5) is 5.69 Å². The topological polar surface area (TPSA) is 75.3 Å². The molecule has 0 unspecified atom stereocenters. The second kappa shape index (κ2) is 8.67. The molecule has 1 amide bonds. The van der Waals surface area contributed by atoms with Crippen LogP contribution in [0.1, 0.15) is 35.3 Å². The number of rotatable bonds is 8. The summed E-state index contributed by atoms with van der Waals surface area (Å²) in [6, 6.07) is 11.6. The molecule has 0 fully saturated rings. The van der Waals surface area contributed by atoms with Crippen molar-refractivity contribution >= 4 is 21.6 Å². The van der Waals surface area contributed by atoms with Crippen molar-refractivity contribution in [2.24, 2.45) is 0 Å². The first-order chi connectivity index (χ1) is 12.4. The van der Waals surface area contributed by atoms with Crippen LogP contribution in [0.15, 0.2) is 60.0 Å². The first kappa shape index (κ1) is 19.7. The third-order valence-corrected chi connectivity index (χ3v) is 5.43. The Kier molecular flexibility index (Phi) is 6.58. The highest BCUT2D eigenvalue weighted by atomic mass is 32.2. The maximum absolute atomic E-state index is 12.8. The van der Waals surface area contributed by atoms with Crippen molar-refractivity contribution in [1.29, 1.82) is 0 Å². The maximum atomic E-state index is 12.8. The van der Waals surface area contributed by atoms with E-state index in [-0.39, 0.29) is 10.8 Å². The Labute approximate surface area is 155 Å². The van der Waals surface area contributed by atoms with E-state index in [4.69, 9.17) is 0 Å². The molecule has 26 heavy (non-hydrogen) atoms. The van der Waals surface area contributed by atoms with E-state index in [1.54, 1.807) is 6.08 Å². The van der Waals surface area contributed by atoms with Crippen LogP contribution in [0, 0.1) is 0 Å². The number of benzene rings is 2. The van der Waals surface area contributed by atoms with E-state index in [1.165, 1.54) is 24.3 Å². The first-order valence-electron chi connectivity index (χ1n) is 8.55. The molecule has 0 aliphatic carbocycles. The number of anilines is 1. The lowest BCUT2D eigenvalue weighted by Gasteiger charge is -2.16. The van der Waals surface area contributed by atoms with E-state index in [0.717, 1.165) is 24.0 Å². The van der Waals surface area contributed by atoms with Crippen LogP contribution in [-0.4, -0.2) is 20.9 Å². The van der Waals surface area contributed by atoms with Crippen molar-refractivity contribution in [3.63, 3.8) is 0 Å². The Bertz CT molecular complexity index is 866. The molecule has 0 atom stereocenters. The lowest BCUT2D eigenvalue weighted by molar-refractivity contribution is 0.0958. The van der Waals surface area contributed by atoms with E-state index < -0.39 is 10.0 Å². The van der Waals surface area contributed by atoms with Crippen LogP contribution >= 0.6 is 0 Å². The van der Waals surface area contributed by atoms with Crippen LogP contribution in [0.5, 0.6) is 0 Å². The number of carbonyl (C=O) groups excluding carboxylic acids is 1. The van der Waals surface area contributed by atoms with E-state index in [0.29, 0.717) is 17.8 Å². The molecular weight excluding hydrogens is 348 g/mol. The lowest BCUT2D eigenvalue weighted by Crippen LogP contribution is -2.23.